The Morgan fingerprint density at radius 1 is 0.690 bits per heavy atom. The highest BCUT2D eigenvalue weighted by Gasteiger charge is 2.20. The topological polar surface area (TPSA) is 151 Å². The minimum Gasteiger partial charge on any atom is -0.478 e. The molecule has 10 nitrogen and oxygen atoms in total. The van der Waals surface area contributed by atoms with E-state index in [9.17, 15) is 26.7 Å². The molecule has 0 saturated carbocycles. The van der Waals surface area contributed by atoms with Crippen molar-refractivity contribution in [2.75, 3.05) is 21.3 Å². The van der Waals surface area contributed by atoms with Gasteiger partial charge in [0.2, 0.25) is 0 Å². The molecular weight excluding hydrogens is 578 g/mol. The molecule has 0 heterocycles. The van der Waals surface area contributed by atoms with Crippen LogP contribution in [0, 0.1) is 13.8 Å². The lowest BCUT2D eigenvalue weighted by atomic mass is 10.1. The molecule has 220 valence electrons. The Labute approximate surface area is 245 Å². The van der Waals surface area contributed by atoms with E-state index in [-0.39, 0.29) is 26.8 Å². The fourth-order valence-electron chi connectivity index (χ4n) is 3.91. The summed E-state index contributed by atoms with van der Waals surface area (Å²) in [7, 11) is -7.89. The molecule has 42 heavy (non-hydrogen) atoms. The molecule has 0 amide bonds. The molecule has 0 spiro atoms. The standard InChI is InChI=1S/C30H31N3O7S2/c1-4-17-31-29-19-23(10-16-28(29)33-42(38,39)25-13-7-21(3)8-14-25)40-22-9-15-27(26(18-22)30(34)35)32-41(36,37)24-11-5-20(2)6-12-24/h5-16,18-19,31-33H,4,17H2,1-3H3,(H,34,35). The van der Waals surface area contributed by atoms with E-state index in [0.717, 1.165) is 17.5 Å². The highest BCUT2D eigenvalue weighted by Crippen LogP contribution is 2.33. The Morgan fingerprint density at radius 3 is 1.67 bits per heavy atom. The Hall–Kier alpha value is -4.55. The zero-order valence-electron chi connectivity index (χ0n) is 23.2. The second kappa shape index (κ2) is 12.5. The van der Waals surface area contributed by atoms with Crippen LogP contribution < -0.4 is 19.5 Å². The fourth-order valence-corrected chi connectivity index (χ4v) is 6.07. The smallest absolute Gasteiger partial charge is 0.337 e. The van der Waals surface area contributed by atoms with Crippen LogP contribution >= 0.6 is 0 Å². The zero-order valence-corrected chi connectivity index (χ0v) is 24.8. The van der Waals surface area contributed by atoms with Crippen LogP contribution in [0.15, 0.2) is 94.7 Å². The first-order chi connectivity index (χ1) is 19.9. The van der Waals surface area contributed by atoms with Crippen molar-refractivity contribution in [3.8, 4) is 11.5 Å². The van der Waals surface area contributed by atoms with Gasteiger partial charge in [-0.25, -0.2) is 21.6 Å². The first kappa shape index (κ1) is 30.4. The third-order valence-electron chi connectivity index (χ3n) is 6.16. The van der Waals surface area contributed by atoms with Gasteiger partial charge in [0.1, 0.15) is 11.5 Å². The number of carbonyl (C=O) groups is 1. The van der Waals surface area contributed by atoms with E-state index in [2.05, 4.69) is 14.8 Å². The van der Waals surface area contributed by atoms with Crippen molar-refractivity contribution in [3.05, 3.63) is 102 Å². The fraction of sp³-hybridized carbons (Fsp3) is 0.167. The maximum absolute atomic E-state index is 13.0. The highest BCUT2D eigenvalue weighted by molar-refractivity contribution is 7.93. The molecule has 0 saturated heterocycles. The first-order valence-electron chi connectivity index (χ1n) is 13.0. The summed E-state index contributed by atoms with van der Waals surface area (Å²) in [5.74, 6) is -0.912. The van der Waals surface area contributed by atoms with E-state index in [1.54, 1.807) is 42.5 Å². The number of ether oxygens (including phenoxy) is 1. The molecule has 0 aliphatic heterocycles. The number of carboxylic acids is 1. The van der Waals surface area contributed by atoms with Crippen LogP contribution in [0.3, 0.4) is 0 Å². The van der Waals surface area contributed by atoms with Gasteiger partial charge >= 0.3 is 5.97 Å². The predicted molar refractivity (Wildman–Crippen MR) is 163 cm³/mol. The summed E-state index contributed by atoms with van der Waals surface area (Å²) in [4.78, 5) is 12.1. The number of nitrogens with one attached hydrogen (secondary N) is 3. The Kier molecular flexibility index (Phi) is 9.08. The maximum Gasteiger partial charge on any atom is 0.337 e. The van der Waals surface area contributed by atoms with Gasteiger partial charge in [0.25, 0.3) is 20.0 Å². The second-order valence-electron chi connectivity index (χ2n) is 9.59. The third-order valence-corrected chi connectivity index (χ3v) is 8.93. The van der Waals surface area contributed by atoms with E-state index in [4.69, 9.17) is 4.74 Å². The van der Waals surface area contributed by atoms with Crippen molar-refractivity contribution in [1.29, 1.82) is 0 Å². The molecule has 0 unspecified atom stereocenters. The summed E-state index contributed by atoms with van der Waals surface area (Å²) in [5, 5.41) is 13.0. The lowest BCUT2D eigenvalue weighted by Gasteiger charge is -2.16. The van der Waals surface area contributed by atoms with Crippen LogP contribution in [-0.4, -0.2) is 34.5 Å². The quantitative estimate of drug-likeness (QED) is 0.148. The monoisotopic (exact) mass is 609 g/mol. The number of hydrogen-bond acceptors (Lipinski definition) is 7. The number of aryl methyl sites for hydroxylation is 2. The molecule has 4 aromatic rings. The zero-order chi connectivity index (χ0) is 30.5. The van der Waals surface area contributed by atoms with Crippen molar-refractivity contribution in [2.24, 2.45) is 0 Å². The number of hydrogen-bond donors (Lipinski definition) is 4. The van der Waals surface area contributed by atoms with E-state index in [1.165, 1.54) is 42.5 Å². The third kappa shape index (κ3) is 7.39. The summed E-state index contributed by atoms with van der Waals surface area (Å²) in [6.07, 6.45) is 0.775. The van der Waals surface area contributed by atoms with Gasteiger partial charge < -0.3 is 15.2 Å². The predicted octanol–water partition coefficient (Wildman–Crippen LogP) is 6.22. The summed E-state index contributed by atoms with van der Waals surface area (Å²) in [6, 6.07) is 21.3. The number of sulfonamides is 2. The van der Waals surface area contributed by atoms with Crippen LogP contribution in [0.4, 0.5) is 17.1 Å². The number of carboxylic acid groups (broad SMARTS) is 1. The van der Waals surface area contributed by atoms with Crippen LogP contribution in [-0.2, 0) is 20.0 Å². The molecule has 0 fully saturated rings. The summed E-state index contributed by atoms with van der Waals surface area (Å²) >= 11 is 0. The molecule has 12 heteroatoms. The molecular formula is C30H31N3O7S2. The van der Waals surface area contributed by atoms with Crippen molar-refractivity contribution in [1.82, 2.24) is 0 Å². The molecule has 0 aliphatic carbocycles. The van der Waals surface area contributed by atoms with Crippen LogP contribution in [0.1, 0.15) is 34.8 Å². The minimum atomic E-state index is -4.03. The van der Waals surface area contributed by atoms with Crippen LogP contribution in [0.2, 0.25) is 0 Å². The molecule has 4 rings (SSSR count). The van der Waals surface area contributed by atoms with Gasteiger partial charge in [0.15, 0.2) is 0 Å². The lowest BCUT2D eigenvalue weighted by Crippen LogP contribution is -2.15. The van der Waals surface area contributed by atoms with Gasteiger partial charge in [-0.15, -0.1) is 0 Å². The van der Waals surface area contributed by atoms with E-state index >= 15 is 0 Å². The molecule has 0 aliphatic rings. The van der Waals surface area contributed by atoms with Crippen LogP contribution in [0.25, 0.3) is 0 Å². The van der Waals surface area contributed by atoms with E-state index in [1.807, 2.05) is 20.8 Å². The van der Waals surface area contributed by atoms with Crippen molar-refractivity contribution < 1.29 is 31.5 Å². The maximum atomic E-state index is 13.0. The SMILES string of the molecule is CCCNc1cc(Oc2ccc(NS(=O)(=O)c3ccc(C)cc3)c(C(=O)O)c2)ccc1NS(=O)(=O)c1ccc(C)cc1. The molecule has 0 atom stereocenters. The highest BCUT2D eigenvalue weighted by atomic mass is 32.2. The molecule has 4 aromatic carbocycles. The molecule has 4 N–H and O–H groups in total. The van der Waals surface area contributed by atoms with E-state index < -0.39 is 26.0 Å². The van der Waals surface area contributed by atoms with Gasteiger partial charge in [-0.2, -0.15) is 0 Å². The van der Waals surface area contributed by atoms with E-state index in [0.29, 0.717) is 23.7 Å². The Morgan fingerprint density at radius 2 is 1.17 bits per heavy atom. The average molecular weight is 610 g/mol. The Bertz CT molecular complexity index is 1810. The first-order valence-corrected chi connectivity index (χ1v) is 16.0. The molecule has 0 aromatic heterocycles. The second-order valence-corrected chi connectivity index (χ2v) is 13.0. The van der Waals surface area contributed by atoms with Gasteiger partial charge in [-0.3, -0.25) is 9.44 Å². The Balaban J connectivity index is 1.59. The van der Waals surface area contributed by atoms with Gasteiger partial charge in [-0.05, 0) is 74.9 Å². The van der Waals surface area contributed by atoms with Crippen molar-refractivity contribution in [3.63, 3.8) is 0 Å². The minimum absolute atomic E-state index is 0.00466. The number of aromatic carboxylic acids is 1. The molecule has 0 radical (unpaired) electrons. The van der Waals surface area contributed by atoms with Gasteiger partial charge in [0.05, 0.1) is 32.4 Å². The summed E-state index contributed by atoms with van der Waals surface area (Å²) < 4.78 is 62.5. The van der Waals surface area contributed by atoms with Crippen molar-refractivity contribution >= 4 is 43.1 Å². The average Bonchev–Trinajstić information content (AvgIpc) is 2.94. The molecule has 0 bridgehead atoms. The van der Waals surface area contributed by atoms with Crippen molar-refractivity contribution in [2.45, 2.75) is 37.0 Å². The summed E-state index contributed by atoms with van der Waals surface area (Å²) in [5.41, 5.74) is 2.15. The number of rotatable bonds is 12. The lowest BCUT2D eigenvalue weighted by molar-refractivity contribution is 0.0697. The number of anilines is 3. The normalized spacial score (nSPS) is 11.5. The van der Waals surface area contributed by atoms with Gasteiger partial charge in [-0.1, -0.05) is 42.3 Å². The summed E-state index contributed by atoms with van der Waals surface area (Å²) in [6.45, 7) is 6.21. The van der Waals surface area contributed by atoms with Crippen LogP contribution in [0.5, 0.6) is 11.5 Å². The van der Waals surface area contributed by atoms with Gasteiger partial charge in [0, 0.05) is 12.6 Å². The largest absolute Gasteiger partial charge is 0.478 e. The number of benzene rings is 4.